The van der Waals surface area contributed by atoms with E-state index in [1.807, 2.05) is 6.07 Å². The molecule has 88 valence electrons. The second-order valence-corrected chi connectivity index (χ2v) is 5.38. The van der Waals surface area contributed by atoms with E-state index in [0.29, 0.717) is 11.7 Å². The highest BCUT2D eigenvalue weighted by Gasteiger charge is 2.21. The number of hydrogen-bond acceptors (Lipinski definition) is 2. The molecule has 0 aliphatic carbocycles. The second-order valence-electron chi connectivity index (χ2n) is 4.59. The summed E-state index contributed by atoms with van der Waals surface area (Å²) in [6.07, 6.45) is 2.39. The molecule has 0 atom stereocenters. The molecule has 0 radical (unpaired) electrons. The van der Waals surface area contributed by atoms with E-state index < -0.39 is 0 Å². The molecule has 3 heteroatoms. The molecule has 1 aliphatic heterocycles. The predicted octanol–water partition coefficient (Wildman–Crippen LogP) is 3.24. The first kappa shape index (κ1) is 11.9. The van der Waals surface area contributed by atoms with Crippen molar-refractivity contribution in [3.8, 4) is 5.75 Å². The SMILES string of the molecule is Cc1cc(O)c(Br)c(C)c1C1CCNCC1. The van der Waals surface area contributed by atoms with E-state index >= 15 is 0 Å². The minimum Gasteiger partial charge on any atom is -0.507 e. The maximum Gasteiger partial charge on any atom is 0.130 e. The van der Waals surface area contributed by atoms with Crippen molar-refractivity contribution in [3.05, 3.63) is 27.2 Å². The number of nitrogens with one attached hydrogen (secondary N) is 1. The van der Waals surface area contributed by atoms with Gasteiger partial charge in [0, 0.05) is 0 Å². The van der Waals surface area contributed by atoms with Crippen LogP contribution in [-0.2, 0) is 0 Å². The molecule has 1 fully saturated rings. The number of aromatic hydroxyl groups is 1. The number of benzene rings is 1. The van der Waals surface area contributed by atoms with Crippen LogP contribution in [0.15, 0.2) is 10.5 Å². The van der Waals surface area contributed by atoms with Gasteiger partial charge in [0.2, 0.25) is 0 Å². The third-order valence-electron chi connectivity index (χ3n) is 3.48. The maximum absolute atomic E-state index is 9.74. The number of aryl methyl sites for hydroxylation is 1. The van der Waals surface area contributed by atoms with Crippen LogP contribution in [0.3, 0.4) is 0 Å². The zero-order valence-electron chi connectivity index (χ0n) is 9.81. The fraction of sp³-hybridized carbons (Fsp3) is 0.538. The van der Waals surface area contributed by atoms with Gasteiger partial charge in [0.25, 0.3) is 0 Å². The zero-order chi connectivity index (χ0) is 11.7. The first-order chi connectivity index (χ1) is 7.61. The van der Waals surface area contributed by atoms with E-state index in [2.05, 4.69) is 35.1 Å². The van der Waals surface area contributed by atoms with Gasteiger partial charge < -0.3 is 10.4 Å². The minimum absolute atomic E-state index is 0.354. The molecule has 2 nitrogen and oxygen atoms in total. The highest BCUT2D eigenvalue weighted by molar-refractivity contribution is 9.10. The van der Waals surface area contributed by atoms with E-state index in [4.69, 9.17) is 0 Å². The predicted molar refractivity (Wildman–Crippen MR) is 70.1 cm³/mol. The summed E-state index contributed by atoms with van der Waals surface area (Å²) in [5, 5.41) is 13.1. The fourth-order valence-electron chi connectivity index (χ4n) is 2.69. The van der Waals surface area contributed by atoms with Crippen LogP contribution >= 0.6 is 15.9 Å². The van der Waals surface area contributed by atoms with Crippen molar-refractivity contribution >= 4 is 15.9 Å². The standard InChI is InChI=1S/C13H18BrNO/c1-8-7-11(16)13(14)9(2)12(8)10-3-5-15-6-4-10/h7,10,15-16H,3-6H2,1-2H3. The highest BCUT2D eigenvalue weighted by Crippen LogP contribution is 2.38. The van der Waals surface area contributed by atoms with Crippen molar-refractivity contribution in [2.45, 2.75) is 32.6 Å². The van der Waals surface area contributed by atoms with Gasteiger partial charge in [0.15, 0.2) is 0 Å². The van der Waals surface area contributed by atoms with Gasteiger partial charge in [-0.15, -0.1) is 0 Å². The highest BCUT2D eigenvalue weighted by atomic mass is 79.9. The molecule has 16 heavy (non-hydrogen) atoms. The lowest BCUT2D eigenvalue weighted by Gasteiger charge is -2.26. The Labute approximate surface area is 105 Å². The van der Waals surface area contributed by atoms with E-state index in [0.717, 1.165) is 17.6 Å². The smallest absolute Gasteiger partial charge is 0.130 e. The lowest BCUT2D eigenvalue weighted by Crippen LogP contribution is -2.27. The van der Waals surface area contributed by atoms with Crippen molar-refractivity contribution < 1.29 is 5.11 Å². The van der Waals surface area contributed by atoms with E-state index in [1.54, 1.807) is 0 Å². The third kappa shape index (κ3) is 2.11. The first-order valence-corrected chi connectivity index (χ1v) is 6.60. The van der Waals surface area contributed by atoms with Gasteiger partial charge in [-0.05, 0) is 84.4 Å². The van der Waals surface area contributed by atoms with Crippen LogP contribution < -0.4 is 5.32 Å². The van der Waals surface area contributed by atoms with Crippen LogP contribution in [0.2, 0.25) is 0 Å². The number of phenolic OH excluding ortho intramolecular Hbond substituents is 1. The Balaban J connectivity index is 2.42. The molecule has 2 N–H and O–H groups in total. The van der Waals surface area contributed by atoms with Gasteiger partial charge >= 0.3 is 0 Å². The van der Waals surface area contributed by atoms with Crippen LogP contribution in [0.1, 0.15) is 35.4 Å². The molecule has 2 rings (SSSR count). The Kier molecular flexibility index (Phi) is 3.55. The van der Waals surface area contributed by atoms with Crippen molar-refractivity contribution in [1.29, 1.82) is 0 Å². The average molecular weight is 284 g/mol. The molecule has 1 aromatic rings. The number of hydrogen-bond donors (Lipinski definition) is 2. The Bertz CT molecular complexity index is 397. The van der Waals surface area contributed by atoms with E-state index in [9.17, 15) is 5.11 Å². The second kappa shape index (κ2) is 4.76. The average Bonchev–Trinajstić information content (AvgIpc) is 2.28. The van der Waals surface area contributed by atoms with Crippen LogP contribution in [0.25, 0.3) is 0 Å². The van der Waals surface area contributed by atoms with Crippen LogP contribution in [-0.4, -0.2) is 18.2 Å². The zero-order valence-corrected chi connectivity index (χ0v) is 11.4. The molecular formula is C13H18BrNO. The van der Waals surface area contributed by atoms with Crippen molar-refractivity contribution in [2.75, 3.05) is 13.1 Å². The number of piperidine rings is 1. The Morgan fingerprint density at radius 3 is 2.56 bits per heavy atom. The largest absolute Gasteiger partial charge is 0.507 e. The number of rotatable bonds is 1. The fourth-order valence-corrected chi connectivity index (χ4v) is 3.02. The molecule has 0 unspecified atom stereocenters. The summed E-state index contributed by atoms with van der Waals surface area (Å²) in [7, 11) is 0. The molecule has 0 spiro atoms. The molecule has 1 aliphatic rings. The van der Waals surface area contributed by atoms with Crippen molar-refractivity contribution in [1.82, 2.24) is 5.32 Å². The summed E-state index contributed by atoms with van der Waals surface area (Å²) in [4.78, 5) is 0. The topological polar surface area (TPSA) is 32.3 Å². The monoisotopic (exact) mass is 283 g/mol. The van der Waals surface area contributed by atoms with Crippen molar-refractivity contribution in [3.63, 3.8) is 0 Å². The van der Waals surface area contributed by atoms with Gasteiger partial charge in [0.1, 0.15) is 5.75 Å². The summed E-state index contributed by atoms with van der Waals surface area (Å²) in [6, 6.07) is 1.87. The number of phenols is 1. The molecule has 1 heterocycles. The van der Waals surface area contributed by atoms with Crippen LogP contribution in [0.5, 0.6) is 5.75 Å². The molecule has 0 aromatic heterocycles. The Morgan fingerprint density at radius 2 is 1.94 bits per heavy atom. The van der Waals surface area contributed by atoms with Crippen LogP contribution in [0.4, 0.5) is 0 Å². The molecule has 0 saturated carbocycles. The summed E-state index contributed by atoms with van der Waals surface area (Å²) in [6.45, 7) is 6.38. The first-order valence-electron chi connectivity index (χ1n) is 5.80. The van der Waals surface area contributed by atoms with Gasteiger partial charge in [-0.25, -0.2) is 0 Å². The van der Waals surface area contributed by atoms with Gasteiger partial charge in [-0.3, -0.25) is 0 Å². The summed E-state index contributed by atoms with van der Waals surface area (Å²) in [5.41, 5.74) is 3.83. The van der Waals surface area contributed by atoms with Gasteiger partial charge in [0.05, 0.1) is 4.47 Å². The Hall–Kier alpha value is -0.540. The maximum atomic E-state index is 9.74. The lowest BCUT2D eigenvalue weighted by atomic mass is 9.84. The van der Waals surface area contributed by atoms with Gasteiger partial charge in [-0.2, -0.15) is 0 Å². The molecule has 1 aromatic carbocycles. The lowest BCUT2D eigenvalue weighted by molar-refractivity contribution is 0.452. The third-order valence-corrected chi connectivity index (χ3v) is 4.48. The van der Waals surface area contributed by atoms with E-state index in [1.165, 1.54) is 29.5 Å². The molecule has 0 amide bonds. The molecule has 1 saturated heterocycles. The quantitative estimate of drug-likeness (QED) is 0.829. The normalized spacial score (nSPS) is 17.7. The van der Waals surface area contributed by atoms with Crippen LogP contribution in [0, 0.1) is 13.8 Å². The molecule has 0 bridgehead atoms. The summed E-state index contributed by atoms with van der Waals surface area (Å²) >= 11 is 3.47. The summed E-state index contributed by atoms with van der Waals surface area (Å²) < 4.78 is 0.853. The minimum atomic E-state index is 0.354. The van der Waals surface area contributed by atoms with E-state index in [-0.39, 0.29) is 0 Å². The van der Waals surface area contributed by atoms with Gasteiger partial charge in [-0.1, -0.05) is 0 Å². The summed E-state index contributed by atoms with van der Waals surface area (Å²) in [5.74, 6) is 0.992. The van der Waals surface area contributed by atoms with Crippen molar-refractivity contribution in [2.24, 2.45) is 0 Å². The number of halogens is 1. The molecular weight excluding hydrogens is 266 g/mol. The Morgan fingerprint density at radius 1 is 1.31 bits per heavy atom.